The molecule has 0 heterocycles. The third-order valence-electron chi connectivity index (χ3n) is 3.14. The lowest BCUT2D eigenvalue weighted by atomic mass is 10.2. The van der Waals surface area contributed by atoms with Crippen LogP contribution in [0, 0.1) is 0 Å². The largest absolute Gasteiger partial charge is 0.548 e. The number of hydrogen-bond acceptors (Lipinski definition) is 3. The molecule has 0 spiro atoms. The van der Waals surface area contributed by atoms with E-state index >= 15 is 0 Å². The zero-order chi connectivity index (χ0) is 14.4. The minimum Gasteiger partial charge on any atom is -0.548 e. The molecule has 0 aromatic heterocycles. The summed E-state index contributed by atoms with van der Waals surface area (Å²) < 4.78 is 11.2. The summed E-state index contributed by atoms with van der Waals surface area (Å²) in [5, 5.41) is 0. The normalized spacial score (nSPS) is 13.4. The van der Waals surface area contributed by atoms with E-state index in [1.54, 1.807) is 13.2 Å². The van der Waals surface area contributed by atoms with E-state index in [-0.39, 0.29) is 5.97 Å². The SMILES string of the molecule is CC[Si](CC)(CC)O/C=C(\C)C(=O)OC(C)(C)C. The van der Waals surface area contributed by atoms with Crippen LogP contribution in [0.5, 0.6) is 0 Å². The lowest BCUT2D eigenvalue weighted by Gasteiger charge is -2.27. The van der Waals surface area contributed by atoms with Gasteiger partial charge in [0, 0.05) is 0 Å². The van der Waals surface area contributed by atoms with Gasteiger partial charge in [0.15, 0.2) is 0 Å². The van der Waals surface area contributed by atoms with Crippen molar-refractivity contribution in [2.75, 3.05) is 0 Å². The summed E-state index contributed by atoms with van der Waals surface area (Å²) in [5.41, 5.74) is 0.0817. The zero-order valence-corrected chi connectivity index (χ0v) is 13.9. The lowest BCUT2D eigenvalue weighted by molar-refractivity contribution is -0.149. The van der Waals surface area contributed by atoms with Crippen LogP contribution in [0.2, 0.25) is 18.1 Å². The number of esters is 1. The Balaban J connectivity index is 4.64. The van der Waals surface area contributed by atoms with Crippen molar-refractivity contribution in [3.8, 4) is 0 Å². The Morgan fingerprint density at radius 2 is 1.56 bits per heavy atom. The molecule has 3 nitrogen and oxygen atoms in total. The topological polar surface area (TPSA) is 35.5 Å². The Hall–Kier alpha value is -0.773. The van der Waals surface area contributed by atoms with Gasteiger partial charge in [0.2, 0.25) is 8.32 Å². The molecule has 0 aliphatic rings. The Morgan fingerprint density at radius 1 is 1.11 bits per heavy atom. The number of carbonyl (C=O) groups excluding carboxylic acids is 1. The van der Waals surface area contributed by atoms with Gasteiger partial charge < -0.3 is 9.16 Å². The predicted molar refractivity (Wildman–Crippen MR) is 77.9 cm³/mol. The van der Waals surface area contributed by atoms with E-state index in [1.165, 1.54) is 0 Å². The molecule has 0 saturated heterocycles. The van der Waals surface area contributed by atoms with Gasteiger partial charge in [0.05, 0.1) is 11.8 Å². The van der Waals surface area contributed by atoms with Crippen LogP contribution in [-0.4, -0.2) is 19.9 Å². The maximum absolute atomic E-state index is 11.8. The summed E-state index contributed by atoms with van der Waals surface area (Å²) in [5.74, 6) is -0.297. The van der Waals surface area contributed by atoms with E-state index in [2.05, 4.69) is 20.8 Å². The molecule has 0 atom stereocenters. The molecule has 0 amide bonds. The predicted octanol–water partition coefficient (Wildman–Crippen LogP) is 4.25. The van der Waals surface area contributed by atoms with Crippen LogP contribution in [0.25, 0.3) is 0 Å². The first-order valence-corrected chi connectivity index (χ1v) is 9.30. The highest BCUT2D eigenvalue weighted by Gasteiger charge is 2.29. The van der Waals surface area contributed by atoms with Gasteiger partial charge in [-0.05, 0) is 45.8 Å². The van der Waals surface area contributed by atoms with E-state index in [4.69, 9.17) is 9.16 Å². The standard InChI is InChI=1S/C14H28O3Si/c1-8-18(9-2,10-3)16-11-12(4)13(15)17-14(5,6)7/h11H,8-10H2,1-7H3/b12-11+. The van der Waals surface area contributed by atoms with E-state index < -0.39 is 13.9 Å². The fourth-order valence-corrected chi connectivity index (χ4v) is 4.05. The molecular formula is C14H28O3Si. The highest BCUT2D eigenvalue weighted by molar-refractivity contribution is 6.73. The van der Waals surface area contributed by atoms with E-state index in [9.17, 15) is 4.79 Å². The van der Waals surface area contributed by atoms with Crippen molar-refractivity contribution in [1.29, 1.82) is 0 Å². The molecule has 0 N–H and O–H groups in total. The summed E-state index contributed by atoms with van der Waals surface area (Å²) >= 11 is 0. The summed E-state index contributed by atoms with van der Waals surface area (Å²) in [6.07, 6.45) is 1.61. The molecule has 0 unspecified atom stereocenters. The van der Waals surface area contributed by atoms with Crippen molar-refractivity contribution >= 4 is 14.3 Å². The quantitative estimate of drug-likeness (QED) is 0.314. The van der Waals surface area contributed by atoms with Gasteiger partial charge in [-0.25, -0.2) is 4.79 Å². The Bertz CT molecular complexity index is 290. The van der Waals surface area contributed by atoms with Crippen LogP contribution < -0.4 is 0 Å². The van der Waals surface area contributed by atoms with E-state index in [0.29, 0.717) is 5.57 Å². The average molecular weight is 272 g/mol. The zero-order valence-electron chi connectivity index (χ0n) is 12.9. The molecule has 0 aliphatic heterocycles. The number of carbonyl (C=O) groups is 1. The van der Waals surface area contributed by atoms with Gasteiger partial charge in [0.1, 0.15) is 5.60 Å². The average Bonchev–Trinajstić information content (AvgIpc) is 2.29. The summed E-state index contributed by atoms with van der Waals surface area (Å²) in [4.78, 5) is 11.8. The number of hydrogen-bond donors (Lipinski definition) is 0. The van der Waals surface area contributed by atoms with Gasteiger partial charge >= 0.3 is 5.97 Å². The second-order valence-corrected chi connectivity index (χ2v) is 10.4. The highest BCUT2D eigenvalue weighted by Crippen LogP contribution is 2.22. The molecule has 0 radical (unpaired) electrons. The molecule has 4 heteroatoms. The molecule has 0 rings (SSSR count). The first kappa shape index (κ1) is 17.2. The van der Waals surface area contributed by atoms with Gasteiger partial charge in [-0.3, -0.25) is 0 Å². The van der Waals surface area contributed by atoms with Crippen molar-refractivity contribution in [2.45, 2.75) is 72.2 Å². The molecular weight excluding hydrogens is 244 g/mol. The summed E-state index contributed by atoms with van der Waals surface area (Å²) in [6.45, 7) is 13.8. The maximum atomic E-state index is 11.8. The molecule has 0 saturated carbocycles. The Labute approximate surface area is 113 Å². The van der Waals surface area contributed by atoms with Gasteiger partial charge in [-0.1, -0.05) is 20.8 Å². The highest BCUT2D eigenvalue weighted by atomic mass is 28.4. The number of ether oxygens (including phenoxy) is 1. The molecule has 0 aromatic carbocycles. The minimum atomic E-state index is -1.67. The van der Waals surface area contributed by atoms with Crippen LogP contribution in [0.3, 0.4) is 0 Å². The van der Waals surface area contributed by atoms with Gasteiger partial charge in [-0.15, -0.1) is 0 Å². The van der Waals surface area contributed by atoms with Crippen molar-refractivity contribution in [2.24, 2.45) is 0 Å². The van der Waals surface area contributed by atoms with Crippen LogP contribution in [0.1, 0.15) is 48.5 Å². The van der Waals surface area contributed by atoms with Crippen molar-refractivity contribution in [3.05, 3.63) is 11.8 Å². The first-order valence-electron chi connectivity index (χ1n) is 6.77. The first-order chi connectivity index (χ1) is 8.19. The van der Waals surface area contributed by atoms with Crippen molar-refractivity contribution < 1.29 is 14.0 Å². The molecule has 0 aliphatic carbocycles. The Morgan fingerprint density at radius 3 is 1.89 bits per heavy atom. The van der Waals surface area contributed by atoms with Crippen LogP contribution in [-0.2, 0) is 14.0 Å². The fraction of sp³-hybridized carbons (Fsp3) is 0.786. The smallest absolute Gasteiger partial charge is 0.337 e. The molecule has 0 fully saturated rings. The van der Waals surface area contributed by atoms with Gasteiger partial charge in [0.25, 0.3) is 0 Å². The third-order valence-corrected chi connectivity index (χ3v) is 7.62. The maximum Gasteiger partial charge on any atom is 0.337 e. The van der Waals surface area contributed by atoms with E-state index in [0.717, 1.165) is 18.1 Å². The molecule has 106 valence electrons. The van der Waals surface area contributed by atoms with Crippen LogP contribution in [0.15, 0.2) is 11.8 Å². The monoisotopic (exact) mass is 272 g/mol. The second-order valence-electron chi connectivity index (χ2n) is 5.66. The molecule has 18 heavy (non-hydrogen) atoms. The lowest BCUT2D eigenvalue weighted by Crippen LogP contribution is -2.34. The third kappa shape index (κ3) is 5.71. The molecule has 0 aromatic rings. The minimum absolute atomic E-state index is 0.297. The van der Waals surface area contributed by atoms with Crippen molar-refractivity contribution in [3.63, 3.8) is 0 Å². The van der Waals surface area contributed by atoms with Crippen LogP contribution in [0.4, 0.5) is 0 Å². The van der Waals surface area contributed by atoms with Crippen LogP contribution >= 0.6 is 0 Å². The summed E-state index contributed by atoms with van der Waals surface area (Å²) in [7, 11) is -1.67. The van der Waals surface area contributed by atoms with Crippen molar-refractivity contribution in [1.82, 2.24) is 0 Å². The van der Waals surface area contributed by atoms with E-state index in [1.807, 2.05) is 20.8 Å². The second kappa shape index (κ2) is 6.97. The molecule has 0 bridgehead atoms. The fourth-order valence-electron chi connectivity index (χ4n) is 1.62. The summed E-state index contributed by atoms with van der Waals surface area (Å²) in [6, 6.07) is 3.20. The Kier molecular flexibility index (Phi) is 6.67. The number of rotatable bonds is 6. The van der Waals surface area contributed by atoms with Gasteiger partial charge in [-0.2, -0.15) is 0 Å².